The van der Waals surface area contributed by atoms with Crippen LogP contribution >= 0.6 is 11.5 Å². The normalized spacial score (nSPS) is 10.8. The van der Waals surface area contributed by atoms with Gasteiger partial charge in [0.2, 0.25) is 0 Å². The molecular formula is C9H6N4O2S2. The van der Waals surface area contributed by atoms with Gasteiger partial charge in [0.1, 0.15) is 16.0 Å². The minimum atomic E-state index is -3.77. The molecule has 0 aliphatic heterocycles. The lowest BCUT2D eigenvalue weighted by molar-refractivity contribution is 0.601. The van der Waals surface area contributed by atoms with E-state index in [0.29, 0.717) is 5.00 Å². The molecule has 6 nitrogen and oxygen atoms in total. The summed E-state index contributed by atoms with van der Waals surface area (Å²) in [5, 5.41) is 12.7. The van der Waals surface area contributed by atoms with Crippen molar-refractivity contribution in [2.45, 2.75) is 4.90 Å². The summed E-state index contributed by atoms with van der Waals surface area (Å²) in [5.74, 6) is 0. The van der Waals surface area contributed by atoms with Crippen molar-refractivity contribution in [3.63, 3.8) is 0 Å². The topological polar surface area (TPSA) is 95.7 Å². The molecule has 0 atom stereocenters. The summed E-state index contributed by atoms with van der Waals surface area (Å²) in [5.41, 5.74) is 0.0949. The molecule has 86 valence electrons. The van der Waals surface area contributed by atoms with Gasteiger partial charge in [-0.1, -0.05) is 16.6 Å². The number of anilines is 1. The summed E-state index contributed by atoms with van der Waals surface area (Å²) in [6.07, 6.45) is 1.30. The van der Waals surface area contributed by atoms with Gasteiger partial charge >= 0.3 is 0 Å². The van der Waals surface area contributed by atoms with E-state index < -0.39 is 10.0 Å². The van der Waals surface area contributed by atoms with E-state index in [1.54, 1.807) is 12.1 Å². The highest BCUT2D eigenvalue weighted by Gasteiger charge is 2.18. The second-order valence-corrected chi connectivity index (χ2v) is 5.43. The van der Waals surface area contributed by atoms with E-state index in [0.717, 1.165) is 11.5 Å². The van der Waals surface area contributed by atoms with Crippen LogP contribution in [0.15, 0.2) is 35.4 Å². The van der Waals surface area contributed by atoms with Crippen molar-refractivity contribution in [2.75, 3.05) is 4.72 Å². The summed E-state index contributed by atoms with van der Waals surface area (Å²) in [7, 11) is -3.77. The fourth-order valence-electron chi connectivity index (χ4n) is 1.19. The Bertz CT molecular complexity index is 659. The van der Waals surface area contributed by atoms with Gasteiger partial charge < -0.3 is 0 Å². The van der Waals surface area contributed by atoms with E-state index in [9.17, 15) is 8.42 Å². The molecule has 0 unspecified atom stereocenters. The predicted molar refractivity (Wildman–Crippen MR) is 61.9 cm³/mol. The number of sulfonamides is 1. The monoisotopic (exact) mass is 266 g/mol. The van der Waals surface area contributed by atoms with Gasteiger partial charge in [-0.3, -0.25) is 4.72 Å². The van der Waals surface area contributed by atoms with Gasteiger partial charge in [-0.2, -0.15) is 5.26 Å². The molecule has 0 bridgehead atoms. The molecule has 0 saturated heterocycles. The molecule has 17 heavy (non-hydrogen) atoms. The van der Waals surface area contributed by atoms with Crippen molar-refractivity contribution in [3.8, 4) is 6.07 Å². The first-order valence-corrected chi connectivity index (χ1v) is 6.68. The maximum absolute atomic E-state index is 12.0. The molecule has 1 heterocycles. The van der Waals surface area contributed by atoms with Crippen LogP contribution in [0.3, 0.4) is 0 Å². The number of nitrogens with zero attached hydrogens (tertiary/aromatic N) is 3. The van der Waals surface area contributed by atoms with Crippen LogP contribution in [0.5, 0.6) is 0 Å². The Morgan fingerprint density at radius 1 is 1.35 bits per heavy atom. The molecule has 1 aromatic heterocycles. The summed E-state index contributed by atoms with van der Waals surface area (Å²) < 4.78 is 29.8. The molecule has 8 heteroatoms. The van der Waals surface area contributed by atoms with E-state index in [2.05, 4.69) is 14.3 Å². The average Bonchev–Trinajstić information content (AvgIpc) is 2.81. The number of nitriles is 1. The van der Waals surface area contributed by atoms with Crippen LogP contribution in [0.1, 0.15) is 5.56 Å². The molecule has 0 fully saturated rings. The van der Waals surface area contributed by atoms with Crippen molar-refractivity contribution in [2.24, 2.45) is 0 Å². The van der Waals surface area contributed by atoms with Gasteiger partial charge in [0.05, 0.1) is 11.8 Å². The Morgan fingerprint density at radius 2 is 2.12 bits per heavy atom. The van der Waals surface area contributed by atoms with Gasteiger partial charge in [-0.15, -0.1) is 5.10 Å². The number of nitrogens with one attached hydrogen (secondary N) is 1. The standard InChI is InChI=1S/C9H6N4O2S2/c10-5-7-3-1-2-4-8(7)17(14,15)12-9-6-11-13-16-9/h1-4,6,12H. The zero-order valence-electron chi connectivity index (χ0n) is 8.36. The molecule has 0 aliphatic rings. The zero-order chi connectivity index (χ0) is 12.3. The third-order valence-corrected chi connectivity index (χ3v) is 4.03. The zero-order valence-corrected chi connectivity index (χ0v) is 9.99. The Balaban J connectivity index is 2.42. The van der Waals surface area contributed by atoms with Gasteiger partial charge in [0.15, 0.2) is 0 Å². The summed E-state index contributed by atoms with van der Waals surface area (Å²) in [6.45, 7) is 0. The molecule has 0 radical (unpaired) electrons. The molecule has 0 saturated carbocycles. The first-order valence-electron chi connectivity index (χ1n) is 4.43. The molecule has 2 rings (SSSR count). The number of benzene rings is 1. The van der Waals surface area contributed by atoms with E-state index >= 15 is 0 Å². The molecule has 0 amide bonds. The highest BCUT2D eigenvalue weighted by atomic mass is 32.2. The van der Waals surface area contributed by atoms with E-state index in [1.165, 1.54) is 18.3 Å². The Labute approximate surface area is 102 Å². The van der Waals surface area contributed by atoms with Crippen LogP contribution in [-0.2, 0) is 10.0 Å². The number of rotatable bonds is 3. The van der Waals surface area contributed by atoms with Crippen LogP contribution in [0.4, 0.5) is 5.00 Å². The Kier molecular flexibility index (Phi) is 3.03. The smallest absolute Gasteiger partial charge is 0.263 e. The van der Waals surface area contributed by atoms with E-state index in [-0.39, 0.29) is 10.5 Å². The number of aromatic nitrogens is 2. The second-order valence-electron chi connectivity index (χ2n) is 3.00. The quantitative estimate of drug-likeness (QED) is 0.900. The predicted octanol–water partition coefficient (Wildman–Crippen LogP) is 1.21. The summed E-state index contributed by atoms with van der Waals surface area (Å²) >= 11 is 0.924. The maximum Gasteiger partial charge on any atom is 0.263 e. The average molecular weight is 266 g/mol. The summed E-state index contributed by atoms with van der Waals surface area (Å²) in [4.78, 5) is -0.0594. The first-order chi connectivity index (χ1) is 8.13. The van der Waals surface area contributed by atoms with Gasteiger partial charge in [0, 0.05) is 11.5 Å². The Hall–Kier alpha value is -1.98. The third-order valence-electron chi connectivity index (χ3n) is 1.89. The Morgan fingerprint density at radius 3 is 2.76 bits per heavy atom. The first kappa shape index (κ1) is 11.5. The van der Waals surface area contributed by atoms with Gasteiger partial charge in [-0.25, -0.2) is 8.42 Å². The number of hydrogen-bond donors (Lipinski definition) is 1. The summed E-state index contributed by atoms with van der Waals surface area (Å²) in [6, 6.07) is 7.81. The fourth-order valence-corrected chi connectivity index (χ4v) is 3.04. The molecule has 1 N–H and O–H groups in total. The van der Waals surface area contributed by atoms with E-state index in [4.69, 9.17) is 5.26 Å². The largest absolute Gasteiger partial charge is 0.268 e. The maximum atomic E-state index is 12.0. The second kappa shape index (κ2) is 4.48. The van der Waals surface area contributed by atoms with Crippen molar-refractivity contribution in [3.05, 3.63) is 36.0 Å². The van der Waals surface area contributed by atoms with Crippen molar-refractivity contribution in [1.29, 1.82) is 5.26 Å². The van der Waals surface area contributed by atoms with Crippen molar-refractivity contribution < 1.29 is 8.42 Å². The molecule has 0 spiro atoms. The van der Waals surface area contributed by atoms with Gasteiger partial charge in [-0.05, 0) is 12.1 Å². The van der Waals surface area contributed by atoms with E-state index in [1.807, 2.05) is 6.07 Å². The highest BCUT2D eigenvalue weighted by Crippen LogP contribution is 2.20. The lowest BCUT2D eigenvalue weighted by atomic mass is 10.2. The SMILES string of the molecule is N#Cc1ccccc1S(=O)(=O)Nc1cnns1. The number of hydrogen-bond acceptors (Lipinski definition) is 6. The molecule has 0 aliphatic carbocycles. The van der Waals surface area contributed by atoms with Crippen molar-refractivity contribution in [1.82, 2.24) is 9.59 Å². The minimum absolute atomic E-state index is 0.0594. The van der Waals surface area contributed by atoms with Crippen LogP contribution in [0.2, 0.25) is 0 Å². The van der Waals surface area contributed by atoms with Crippen LogP contribution < -0.4 is 4.72 Å². The van der Waals surface area contributed by atoms with Gasteiger partial charge in [0.25, 0.3) is 10.0 Å². The molecular weight excluding hydrogens is 260 g/mol. The van der Waals surface area contributed by atoms with Crippen molar-refractivity contribution >= 4 is 26.6 Å². The van der Waals surface area contributed by atoms with Crippen LogP contribution in [0, 0.1) is 11.3 Å². The van der Waals surface area contributed by atoms with Crippen LogP contribution in [0.25, 0.3) is 0 Å². The van der Waals surface area contributed by atoms with Crippen LogP contribution in [-0.4, -0.2) is 18.0 Å². The lowest BCUT2D eigenvalue weighted by Crippen LogP contribution is -2.13. The molecule has 2 aromatic rings. The third kappa shape index (κ3) is 2.41. The fraction of sp³-hybridized carbons (Fsp3) is 0. The highest BCUT2D eigenvalue weighted by molar-refractivity contribution is 7.93. The lowest BCUT2D eigenvalue weighted by Gasteiger charge is -2.05. The minimum Gasteiger partial charge on any atom is -0.268 e. The molecule has 1 aromatic carbocycles.